The standard InChI is InChI=1S/C23H22O7/c1-26-14-7-5-6-10-17(14)21(28-3)12-8-11-16(22(29-4)18(12)20(10)27-2)13-9-15(19(11)24)30-23(13)25/h5-8,13,15,19,24H,9H2,1-4H3/t13-,15+,19+/m0/s1. The highest BCUT2D eigenvalue weighted by Crippen LogP contribution is 2.56. The summed E-state index contributed by atoms with van der Waals surface area (Å²) in [6, 6.07) is 7.51. The first kappa shape index (κ1) is 18.8. The molecular weight excluding hydrogens is 388 g/mol. The van der Waals surface area contributed by atoms with Crippen molar-refractivity contribution in [3.05, 3.63) is 35.4 Å². The van der Waals surface area contributed by atoms with Crippen molar-refractivity contribution in [2.75, 3.05) is 28.4 Å². The van der Waals surface area contributed by atoms with Crippen molar-refractivity contribution in [3.63, 3.8) is 0 Å². The molecule has 1 fully saturated rings. The maximum absolute atomic E-state index is 12.5. The van der Waals surface area contributed by atoms with Gasteiger partial charge in [-0.1, -0.05) is 12.1 Å². The van der Waals surface area contributed by atoms with E-state index in [0.717, 1.165) is 10.8 Å². The van der Waals surface area contributed by atoms with Crippen molar-refractivity contribution in [1.29, 1.82) is 0 Å². The third-order valence-corrected chi connectivity index (χ3v) is 6.19. The predicted octanol–water partition coefficient (Wildman–Crippen LogP) is 3.47. The van der Waals surface area contributed by atoms with E-state index in [1.807, 2.05) is 24.3 Å². The van der Waals surface area contributed by atoms with Gasteiger partial charge in [0.2, 0.25) is 0 Å². The quantitative estimate of drug-likeness (QED) is 0.521. The Bertz CT molecular complexity index is 1200. The SMILES string of the molecule is COc1cccc2c(OC)c3c(OC)c4c(cc3c(OC)c12)[C@@H](O)[C@H]1C[C@@H]4C(=O)O1. The molecule has 0 unspecified atom stereocenters. The molecule has 2 aliphatic rings. The molecule has 156 valence electrons. The summed E-state index contributed by atoms with van der Waals surface area (Å²) in [4.78, 5) is 12.5. The maximum atomic E-state index is 12.5. The zero-order chi connectivity index (χ0) is 21.2. The van der Waals surface area contributed by atoms with Crippen molar-refractivity contribution < 1.29 is 33.6 Å². The summed E-state index contributed by atoms with van der Waals surface area (Å²) in [5.41, 5.74) is 1.26. The van der Waals surface area contributed by atoms with Gasteiger partial charge in [0.15, 0.2) is 0 Å². The first-order chi connectivity index (χ1) is 14.5. The first-order valence-electron chi connectivity index (χ1n) is 9.69. The van der Waals surface area contributed by atoms with Crippen LogP contribution in [0.25, 0.3) is 21.5 Å². The molecule has 7 nitrogen and oxygen atoms in total. The molecule has 5 rings (SSSR count). The van der Waals surface area contributed by atoms with Crippen LogP contribution in [0.2, 0.25) is 0 Å². The molecule has 2 bridgehead atoms. The van der Waals surface area contributed by atoms with Gasteiger partial charge in [0.1, 0.15) is 35.2 Å². The first-order valence-corrected chi connectivity index (χ1v) is 9.69. The van der Waals surface area contributed by atoms with Gasteiger partial charge in [0.25, 0.3) is 0 Å². The Labute approximate surface area is 173 Å². The summed E-state index contributed by atoms with van der Waals surface area (Å²) in [6.45, 7) is 0. The van der Waals surface area contributed by atoms with Gasteiger partial charge in [-0.2, -0.15) is 0 Å². The maximum Gasteiger partial charge on any atom is 0.314 e. The van der Waals surface area contributed by atoms with Crippen LogP contribution >= 0.6 is 0 Å². The predicted molar refractivity (Wildman–Crippen MR) is 110 cm³/mol. The molecule has 1 aliphatic carbocycles. The molecule has 0 spiro atoms. The van der Waals surface area contributed by atoms with Gasteiger partial charge in [-0.3, -0.25) is 4.79 Å². The number of aliphatic hydroxyl groups excluding tert-OH is 1. The summed E-state index contributed by atoms with van der Waals surface area (Å²) in [6.07, 6.45) is -1.07. The highest BCUT2D eigenvalue weighted by Gasteiger charge is 2.48. The molecule has 3 aromatic rings. The van der Waals surface area contributed by atoms with E-state index in [1.54, 1.807) is 28.4 Å². The Morgan fingerprint density at radius 2 is 1.63 bits per heavy atom. The number of aliphatic hydroxyl groups is 1. The Hall–Kier alpha value is -3.19. The van der Waals surface area contributed by atoms with E-state index in [9.17, 15) is 9.90 Å². The largest absolute Gasteiger partial charge is 0.496 e. The zero-order valence-electron chi connectivity index (χ0n) is 17.1. The summed E-state index contributed by atoms with van der Waals surface area (Å²) in [7, 11) is 6.33. The van der Waals surface area contributed by atoms with Crippen molar-refractivity contribution in [1.82, 2.24) is 0 Å². The number of carbonyl (C=O) groups excluding carboxylic acids is 1. The number of ether oxygens (including phenoxy) is 5. The number of methoxy groups -OCH3 is 4. The van der Waals surface area contributed by atoms with E-state index in [4.69, 9.17) is 23.7 Å². The minimum atomic E-state index is -0.940. The summed E-state index contributed by atoms with van der Waals surface area (Å²) >= 11 is 0. The lowest BCUT2D eigenvalue weighted by Crippen LogP contribution is -2.23. The molecule has 0 amide bonds. The Morgan fingerprint density at radius 3 is 2.30 bits per heavy atom. The molecule has 1 heterocycles. The Kier molecular flexibility index (Phi) is 4.18. The van der Waals surface area contributed by atoms with Gasteiger partial charge in [0.05, 0.1) is 45.1 Å². The van der Waals surface area contributed by atoms with Gasteiger partial charge >= 0.3 is 5.97 Å². The number of esters is 1. The molecular formula is C23H22O7. The van der Waals surface area contributed by atoms with Gasteiger partial charge in [-0.05, 0) is 17.7 Å². The number of benzene rings is 3. The molecule has 0 radical (unpaired) electrons. The fourth-order valence-corrected chi connectivity index (χ4v) is 4.97. The summed E-state index contributed by atoms with van der Waals surface area (Å²) in [5.74, 6) is 1.47. The van der Waals surface area contributed by atoms with Gasteiger partial charge in [-0.15, -0.1) is 0 Å². The van der Waals surface area contributed by atoms with Crippen molar-refractivity contribution in [2.45, 2.75) is 24.5 Å². The minimum absolute atomic E-state index is 0.344. The van der Waals surface area contributed by atoms with Crippen LogP contribution in [0, 0.1) is 0 Å². The molecule has 30 heavy (non-hydrogen) atoms. The van der Waals surface area contributed by atoms with Crippen LogP contribution < -0.4 is 18.9 Å². The topological polar surface area (TPSA) is 83.5 Å². The fourth-order valence-electron chi connectivity index (χ4n) is 4.97. The van der Waals surface area contributed by atoms with Crippen molar-refractivity contribution >= 4 is 27.5 Å². The molecule has 0 aromatic heterocycles. The lowest BCUT2D eigenvalue weighted by Gasteiger charge is -2.28. The van der Waals surface area contributed by atoms with Crippen LogP contribution in [0.4, 0.5) is 0 Å². The van der Waals surface area contributed by atoms with Crippen molar-refractivity contribution in [3.8, 4) is 23.0 Å². The summed E-state index contributed by atoms with van der Waals surface area (Å²) in [5, 5.41) is 13.9. The average molecular weight is 410 g/mol. The molecule has 0 saturated carbocycles. The van der Waals surface area contributed by atoms with Gasteiger partial charge < -0.3 is 28.8 Å². The van der Waals surface area contributed by atoms with E-state index in [0.29, 0.717) is 51.3 Å². The third-order valence-electron chi connectivity index (χ3n) is 6.19. The van der Waals surface area contributed by atoms with E-state index in [-0.39, 0.29) is 5.97 Å². The van der Waals surface area contributed by atoms with Gasteiger partial charge in [0, 0.05) is 22.8 Å². The lowest BCUT2D eigenvalue weighted by atomic mass is 9.79. The molecule has 1 N–H and O–H groups in total. The van der Waals surface area contributed by atoms with Crippen LogP contribution in [-0.2, 0) is 9.53 Å². The van der Waals surface area contributed by atoms with Crippen LogP contribution in [0.5, 0.6) is 23.0 Å². The van der Waals surface area contributed by atoms with E-state index in [1.165, 1.54) is 0 Å². The smallest absolute Gasteiger partial charge is 0.314 e. The summed E-state index contributed by atoms with van der Waals surface area (Å²) < 4.78 is 28.5. The Balaban J connectivity index is 2.02. The van der Waals surface area contributed by atoms with Crippen molar-refractivity contribution in [2.24, 2.45) is 0 Å². The van der Waals surface area contributed by atoms with Crippen LogP contribution in [0.3, 0.4) is 0 Å². The van der Waals surface area contributed by atoms with E-state index in [2.05, 4.69) is 0 Å². The number of carbonyl (C=O) groups is 1. The second kappa shape index (κ2) is 6.67. The average Bonchev–Trinajstić information content (AvgIpc) is 3.11. The molecule has 3 atom stereocenters. The molecule has 1 aliphatic heterocycles. The minimum Gasteiger partial charge on any atom is -0.496 e. The van der Waals surface area contributed by atoms with Crippen LogP contribution in [0.1, 0.15) is 29.6 Å². The van der Waals surface area contributed by atoms with Gasteiger partial charge in [-0.25, -0.2) is 0 Å². The molecule has 3 aromatic carbocycles. The zero-order valence-corrected chi connectivity index (χ0v) is 17.1. The van der Waals surface area contributed by atoms with E-state index >= 15 is 0 Å². The van der Waals surface area contributed by atoms with E-state index < -0.39 is 18.1 Å². The molecule has 1 saturated heterocycles. The number of hydrogen-bond donors (Lipinski definition) is 1. The van der Waals surface area contributed by atoms with Crippen LogP contribution in [0.15, 0.2) is 24.3 Å². The second-order valence-corrected chi connectivity index (χ2v) is 7.49. The highest BCUT2D eigenvalue weighted by molar-refractivity contribution is 6.16. The fraction of sp³-hybridized carbons (Fsp3) is 0.348. The lowest BCUT2D eigenvalue weighted by molar-refractivity contribution is -0.145. The third kappa shape index (κ3) is 2.26. The number of fused-ring (bicyclic) bond motifs is 6. The number of rotatable bonds is 4. The normalized spacial score (nSPS) is 22.0. The molecule has 7 heteroatoms. The van der Waals surface area contributed by atoms with Crippen LogP contribution in [-0.4, -0.2) is 45.6 Å². The second-order valence-electron chi connectivity index (χ2n) is 7.49. The number of hydrogen-bond acceptors (Lipinski definition) is 7. The Morgan fingerprint density at radius 1 is 0.933 bits per heavy atom. The monoisotopic (exact) mass is 410 g/mol. The highest BCUT2D eigenvalue weighted by atomic mass is 16.6.